The number of hydrogen-bond donors (Lipinski definition) is 2. The van der Waals surface area contributed by atoms with Gasteiger partial charge in [0.1, 0.15) is 17.8 Å². The number of carboxylic acids is 2. The highest BCUT2D eigenvalue weighted by Gasteiger charge is 2.39. The molecule has 2 atom stereocenters. The van der Waals surface area contributed by atoms with E-state index in [4.69, 9.17) is 4.74 Å². The van der Waals surface area contributed by atoms with E-state index in [1.54, 1.807) is 29.2 Å². The number of hydrogen-bond acceptors (Lipinski definition) is 4. The predicted molar refractivity (Wildman–Crippen MR) is 75.4 cm³/mol. The van der Waals surface area contributed by atoms with Crippen molar-refractivity contribution in [3.8, 4) is 5.75 Å². The molecule has 2 unspecified atom stereocenters. The molecule has 1 aliphatic rings. The average molecular weight is 293 g/mol. The fraction of sp³-hybridized carbons (Fsp3) is 0.467. The van der Waals surface area contributed by atoms with Crippen molar-refractivity contribution in [2.45, 2.75) is 31.8 Å². The summed E-state index contributed by atoms with van der Waals surface area (Å²) in [5.74, 6) is -1.33. The van der Waals surface area contributed by atoms with Gasteiger partial charge in [-0.3, -0.25) is 14.5 Å². The maximum atomic E-state index is 11.6. The number of carboxylic acid groups (broad SMARTS) is 2. The van der Waals surface area contributed by atoms with Gasteiger partial charge in [0.25, 0.3) is 0 Å². The number of rotatable bonds is 6. The van der Waals surface area contributed by atoms with Gasteiger partial charge >= 0.3 is 11.9 Å². The van der Waals surface area contributed by atoms with E-state index in [2.05, 4.69) is 0 Å². The van der Waals surface area contributed by atoms with Gasteiger partial charge in [-0.15, -0.1) is 0 Å². The van der Waals surface area contributed by atoms with Crippen LogP contribution in [0.1, 0.15) is 31.4 Å². The maximum absolute atomic E-state index is 11.6. The molecule has 6 nitrogen and oxygen atoms in total. The summed E-state index contributed by atoms with van der Waals surface area (Å²) in [6, 6.07) is 5.10. The van der Waals surface area contributed by atoms with Crippen LogP contribution in [0.3, 0.4) is 0 Å². The van der Waals surface area contributed by atoms with Crippen LogP contribution in [0.5, 0.6) is 5.75 Å². The molecule has 6 heteroatoms. The largest absolute Gasteiger partial charge is 0.494 e. The molecule has 1 aromatic rings. The monoisotopic (exact) mass is 293 g/mol. The molecule has 0 amide bonds. The van der Waals surface area contributed by atoms with E-state index in [1.807, 2.05) is 6.92 Å². The van der Waals surface area contributed by atoms with Crippen LogP contribution in [0.25, 0.3) is 0 Å². The topological polar surface area (TPSA) is 87.1 Å². The van der Waals surface area contributed by atoms with Gasteiger partial charge in [0.2, 0.25) is 0 Å². The van der Waals surface area contributed by atoms with E-state index in [0.717, 1.165) is 0 Å². The highest BCUT2D eigenvalue weighted by molar-refractivity contribution is 5.79. The van der Waals surface area contributed by atoms with Gasteiger partial charge in [-0.2, -0.15) is 0 Å². The second-order valence-electron chi connectivity index (χ2n) is 4.98. The van der Waals surface area contributed by atoms with Crippen LogP contribution in [-0.4, -0.2) is 46.2 Å². The standard InChI is InChI=1S/C15H19NO5/c1-2-21-11-7-5-10(6-8-11)13(15(19)20)16-9-3-4-12(16)14(17)18/h5-8,12-13H,2-4,9H2,1H3,(H,17,18)(H,19,20). The fourth-order valence-electron chi connectivity index (χ4n) is 2.75. The number of carbonyl (C=O) groups is 2. The summed E-state index contributed by atoms with van der Waals surface area (Å²) in [4.78, 5) is 24.4. The molecular formula is C15H19NO5. The normalized spacial score (nSPS) is 20.1. The lowest BCUT2D eigenvalue weighted by Crippen LogP contribution is -2.41. The third-order valence-corrected chi connectivity index (χ3v) is 3.65. The van der Waals surface area contributed by atoms with Crippen molar-refractivity contribution in [1.29, 1.82) is 0 Å². The van der Waals surface area contributed by atoms with Crippen molar-refractivity contribution < 1.29 is 24.5 Å². The second-order valence-corrected chi connectivity index (χ2v) is 4.98. The van der Waals surface area contributed by atoms with Crippen LogP contribution in [0.2, 0.25) is 0 Å². The van der Waals surface area contributed by atoms with Crippen LogP contribution >= 0.6 is 0 Å². The summed E-state index contributed by atoms with van der Waals surface area (Å²) in [6.45, 7) is 2.88. The van der Waals surface area contributed by atoms with Gasteiger partial charge in [0.05, 0.1) is 6.61 Å². The molecule has 0 aromatic heterocycles. The number of aliphatic carboxylic acids is 2. The number of likely N-dealkylation sites (tertiary alicyclic amines) is 1. The summed E-state index contributed by atoms with van der Waals surface area (Å²) >= 11 is 0. The van der Waals surface area contributed by atoms with Gasteiger partial charge in [0.15, 0.2) is 0 Å². The predicted octanol–water partition coefficient (Wildman–Crippen LogP) is 1.76. The van der Waals surface area contributed by atoms with E-state index < -0.39 is 24.0 Å². The highest BCUT2D eigenvalue weighted by atomic mass is 16.5. The zero-order valence-electron chi connectivity index (χ0n) is 11.9. The number of nitrogens with zero attached hydrogens (tertiary/aromatic N) is 1. The molecule has 2 N–H and O–H groups in total. The van der Waals surface area contributed by atoms with E-state index in [0.29, 0.717) is 37.3 Å². The molecule has 1 aromatic carbocycles. The smallest absolute Gasteiger partial charge is 0.325 e. The van der Waals surface area contributed by atoms with E-state index in [-0.39, 0.29) is 0 Å². The van der Waals surface area contributed by atoms with Crippen molar-refractivity contribution in [2.24, 2.45) is 0 Å². The Bertz CT molecular complexity index is 513. The highest BCUT2D eigenvalue weighted by Crippen LogP contribution is 2.30. The van der Waals surface area contributed by atoms with Gasteiger partial charge in [-0.05, 0) is 37.5 Å². The van der Waals surface area contributed by atoms with E-state index in [1.165, 1.54) is 0 Å². The minimum atomic E-state index is -1.03. The number of ether oxygens (including phenoxy) is 1. The first-order valence-electron chi connectivity index (χ1n) is 6.98. The quantitative estimate of drug-likeness (QED) is 0.831. The van der Waals surface area contributed by atoms with E-state index >= 15 is 0 Å². The van der Waals surface area contributed by atoms with Gasteiger partial charge in [0, 0.05) is 6.54 Å². The first-order valence-corrected chi connectivity index (χ1v) is 6.98. The zero-order chi connectivity index (χ0) is 15.4. The van der Waals surface area contributed by atoms with Crippen molar-refractivity contribution in [2.75, 3.05) is 13.2 Å². The summed E-state index contributed by atoms with van der Waals surface area (Å²) in [6.07, 6.45) is 1.17. The van der Waals surface area contributed by atoms with E-state index in [9.17, 15) is 19.8 Å². The Hall–Kier alpha value is -2.08. The lowest BCUT2D eigenvalue weighted by Gasteiger charge is -2.28. The molecule has 1 aliphatic heterocycles. The molecular weight excluding hydrogens is 274 g/mol. The Morgan fingerprint density at radius 1 is 1.33 bits per heavy atom. The Kier molecular flexibility index (Phi) is 4.80. The van der Waals surface area contributed by atoms with Crippen LogP contribution < -0.4 is 4.74 Å². The van der Waals surface area contributed by atoms with Crippen LogP contribution in [0.15, 0.2) is 24.3 Å². The van der Waals surface area contributed by atoms with Crippen molar-refractivity contribution in [3.63, 3.8) is 0 Å². The molecule has 1 heterocycles. The molecule has 21 heavy (non-hydrogen) atoms. The molecule has 0 bridgehead atoms. The summed E-state index contributed by atoms with van der Waals surface area (Å²) in [7, 11) is 0. The maximum Gasteiger partial charge on any atom is 0.325 e. The molecule has 0 spiro atoms. The first-order chi connectivity index (χ1) is 10.0. The minimum absolute atomic E-state index is 0.473. The summed E-state index contributed by atoms with van der Waals surface area (Å²) in [5, 5.41) is 18.7. The fourth-order valence-corrected chi connectivity index (χ4v) is 2.75. The Morgan fingerprint density at radius 3 is 2.52 bits per heavy atom. The Labute approximate surface area is 122 Å². The molecule has 1 saturated heterocycles. The molecule has 0 radical (unpaired) electrons. The molecule has 0 aliphatic carbocycles. The SMILES string of the molecule is CCOc1ccc(C(C(=O)O)N2CCCC2C(=O)O)cc1. The molecule has 114 valence electrons. The van der Waals surface area contributed by atoms with Gasteiger partial charge in [-0.1, -0.05) is 12.1 Å². The van der Waals surface area contributed by atoms with Crippen LogP contribution in [0, 0.1) is 0 Å². The van der Waals surface area contributed by atoms with Crippen LogP contribution in [0.4, 0.5) is 0 Å². The Balaban J connectivity index is 2.26. The van der Waals surface area contributed by atoms with Gasteiger partial charge in [-0.25, -0.2) is 0 Å². The minimum Gasteiger partial charge on any atom is -0.494 e. The second kappa shape index (κ2) is 6.58. The summed E-state index contributed by atoms with van der Waals surface area (Å²) < 4.78 is 5.33. The molecule has 2 rings (SSSR count). The molecule has 0 saturated carbocycles. The van der Waals surface area contributed by atoms with Crippen molar-refractivity contribution >= 4 is 11.9 Å². The average Bonchev–Trinajstić information content (AvgIpc) is 2.90. The first kappa shape index (κ1) is 15.3. The van der Waals surface area contributed by atoms with Gasteiger partial charge < -0.3 is 14.9 Å². The van der Waals surface area contributed by atoms with Crippen molar-refractivity contribution in [3.05, 3.63) is 29.8 Å². The Morgan fingerprint density at radius 2 is 2.00 bits per heavy atom. The number of benzene rings is 1. The van der Waals surface area contributed by atoms with Crippen molar-refractivity contribution in [1.82, 2.24) is 4.90 Å². The summed E-state index contributed by atoms with van der Waals surface area (Å²) in [5.41, 5.74) is 0.569. The molecule has 1 fully saturated rings. The lowest BCUT2D eigenvalue weighted by molar-refractivity contribution is -0.149. The lowest BCUT2D eigenvalue weighted by atomic mass is 10.0. The third-order valence-electron chi connectivity index (χ3n) is 3.65. The van der Waals surface area contributed by atoms with Crippen LogP contribution in [-0.2, 0) is 9.59 Å². The zero-order valence-corrected chi connectivity index (χ0v) is 11.9. The third kappa shape index (κ3) is 3.33.